The fourth-order valence-corrected chi connectivity index (χ4v) is 2.43. The van der Waals surface area contributed by atoms with Crippen LogP contribution in [0.4, 0.5) is 4.39 Å². The van der Waals surface area contributed by atoms with Crippen molar-refractivity contribution in [1.82, 2.24) is 20.2 Å². The lowest BCUT2D eigenvalue weighted by molar-refractivity contribution is 0.627. The minimum atomic E-state index is -0.225. The van der Waals surface area contributed by atoms with Gasteiger partial charge in [0.15, 0.2) is 5.82 Å². The van der Waals surface area contributed by atoms with Crippen LogP contribution in [0, 0.1) is 5.82 Å². The number of H-pyrrole nitrogens is 1. The van der Waals surface area contributed by atoms with Gasteiger partial charge in [-0.25, -0.2) is 9.37 Å². The molecule has 0 fully saturated rings. The molecule has 2 heterocycles. The van der Waals surface area contributed by atoms with Crippen molar-refractivity contribution in [3.8, 4) is 11.4 Å². The van der Waals surface area contributed by atoms with Crippen LogP contribution in [-0.2, 0) is 5.75 Å². The first-order chi connectivity index (χ1) is 9.81. The first kappa shape index (κ1) is 12.8. The molecule has 2 aromatic heterocycles. The van der Waals surface area contributed by atoms with Gasteiger partial charge in [-0.1, -0.05) is 23.9 Å². The number of nitrogens with one attached hydrogen (secondary N) is 1. The Hall–Kier alpha value is -2.21. The lowest BCUT2D eigenvalue weighted by Gasteiger charge is -1.97. The zero-order valence-corrected chi connectivity index (χ0v) is 11.3. The molecule has 0 amide bonds. The standard InChI is InChI=1S/C14H11FN4S/c15-12-3-1-10(2-4-12)9-20-14-17-13(18-19-14)11-5-7-16-8-6-11/h1-8H,9H2,(H,17,18,19). The Kier molecular flexibility index (Phi) is 3.73. The van der Waals surface area contributed by atoms with Crippen molar-refractivity contribution in [2.75, 3.05) is 0 Å². The van der Waals surface area contributed by atoms with Crippen LogP contribution in [0.25, 0.3) is 11.4 Å². The fourth-order valence-electron chi connectivity index (χ4n) is 1.68. The van der Waals surface area contributed by atoms with Gasteiger partial charge in [-0.15, -0.1) is 5.10 Å². The molecule has 0 aliphatic carbocycles. The van der Waals surface area contributed by atoms with E-state index in [0.29, 0.717) is 16.7 Å². The Morgan fingerprint density at radius 2 is 1.80 bits per heavy atom. The van der Waals surface area contributed by atoms with Crippen molar-refractivity contribution in [2.24, 2.45) is 0 Å². The number of benzene rings is 1. The van der Waals surface area contributed by atoms with Crippen molar-refractivity contribution in [3.63, 3.8) is 0 Å². The van der Waals surface area contributed by atoms with E-state index in [0.717, 1.165) is 11.1 Å². The Balaban J connectivity index is 1.67. The lowest BCUT2D eigenvalue weighted by atomic mass is 10.2. The summed E-state index contributed by atoms with van der Waals surface area (Å²) in [5.74, 6) is 1.19. The third kappa shape index (κ3) is 3.03. The number of aromatic nitrogens is 4. The maximum absolute atomic E-state index is 12.8. The van der Waals surface area contributed by atoms with E-state index in [4.69, 9.17) is 0 Å². The van der Waals surface area contributed by atoms with Crippen LogP contribution in [-0.4, -0.2) is 20.2 Å². The zero-order valence-electron chi connectivity index (χ0n) is 10.5. The summed E-state index contributed by atoms with van der Waals surface area (Å²) in [6.45, 7) is 0. The average molecular weight is 286 g/mol. The predicted molar refractivity (Wildman–Crippen MR) is 75.6 cm³/mol. The minimum Gasteiger partial charge on any atom is -0.265 e. The van der Waals surface area contributed by atoms with Crippen molar-refractivity contribution in [3.05, 3.63) is 60.2 Å². The third-order valence-electron chi connectivity index (χ3n) is 2.70. The number of hydrogen-bond acceptors (Lipinski definition) is 4. The number of hydrogen-bond donors (Lipinski definition) is 1. The van der Waals surface area contributed by atoms with Gasteiger partial charge in [0.05, 0.1) is 0 Å². The van der Waals surface area contributed by atoms with Crippen molar-refractivity contribution in [1.29, 1.82) is 0 Å². The van der Waals surface area contributed by atoms with Crippen LogP contribution < -0.4 is 0 Å². The smallest absolute Gasteiger partial charge is 0.209 e. The highest BCUT2D eigenvalue weighted by molar-refractivity contribution is 7.98. The summed E-state index contributed by atoms with van der Waals surface area (Å²) in [5, 5.41) is 7.72. The second kappa shape index (κ2) is 5.83. The number of thioether (sulfide) groups is 1. The largest absolute Gasteiger partial charge is 0.265 e. The molecule has 0 atom stereocenters. The van der Waals surface area contributed by atoms with E-state index in [1.165, 1.54) is 23.9 Å². The number of rotatable bonds is 4. The van der Waals surface area contributed by atoms with Crippen LogP contribution >= 0.6 is 11.8 Å². The summed E-state index contributed by atoms with van der Waals surface area (Å²) in [4.78, 5) is 8.37. The van der Waals surface area contributed by atoms with Gasteiger partial charge in [-0.05, 0) is 29.8 Å². The monoisotopic (exact) mass is 286 g/mol. The molecule has 0 unspecified atom stereocenters. The molecule has 1 aromatic carbocycles. The van der Waals surface area contributed by atoms with Gasteiger partial charge < -0.3 is 0 Å². The summed E-state index contributed by atoms with van der Waals surface area (Å²) in [5.41, 5.74) is 1.98. The van der Waals surface area contributed by atoms with E-state index < -0.39 is 0 Å². The Morgan fingerprint density at radius 1 is 1.05 bits per heavy atom. The normalized spacial score (nSPS) is 10.7. The molecule has 0 spiro atoms. The maximum Gasteiger partial charge on any atom is 0.209 e. The summed E-state index contributed by atoms with van der Waals surface area (Å²) < 4.78 is 12.8. The highest BCUT2D eigenvalue weighted by Crippen LogP contribution is 2.22. The molecule has 100 valence electrons. The first-order valence-electron chi connectivity index (χ1n) is 6.01. The highest BCUT2D eigenvalue weighted by Gasteiger charge is 2.06. The van der Waals surface area contributed by atoms with E-state index >= 15 is 0 Å². The van der Waals surface area contributed by atoms with Crippen LogP contribution in [0.1, 0.15) is 5.56 Å². The molecule has 0 saturated carbocycles. The van der Waals surface area contributed by atoms with Crippen LogP contribution in [0.2, 0.25) is 0 Å². The molecule has 6 heteroatoms. The van der Waals surface area contributed by atoms with E-state index in [1.807, 2.05) is 12.1 Å². The zero-order chi connectivity index (χ0) is 13.8. The van der Waals surface area contributed by atoms with Gasteiger partial charge in [-0.2, -0.15) is 0 Å². The molecule has 3 rings (SSSR count). The van der Waals surface area contributed by atoms with Crippen molar-refractivity contribution in [2.45, 2.75) is 10.9 Å². The summed E-state index contributed by atoms with van der Waals surface area (Å²) in [6, 6.07) is 10.2. The molecular formula is C14H11FN4S. The third-order valence-corrected chi connectivity index (χ3v) is 3.62. The average Bonchev–Trinajstić information content (AvgIpc) is 2.97. The minimum absolute atomic E-state index is 0.225. The molecule has 0 aliphatic rings. The summed E-state index contributed by atoms with van der Waals surface area (Å²) in [7, 11) is 0. The molecule has 3 aromatic rings. The predicted octanol–water partition coefficient (Wildman–Crippen LogP) is 3.30. The van der Waals surface area contributed by atoms with Gasteiger partial charge in [0.2, 0.25) is 5.16 Å². The highest BCUT2D eigenvalue weighted by atomic mass is 32.2. The maximum atomic E-state index is 12.8. The SMILES string of the molecule is Fc1ccc(CSc2n[nH]c(-c3ccncc3)n2)cc1. The number of pyridine rings is 1. The van der Waals surface area contributed by atoms with Crippen LogP contribution in [0.15, 0.2) is 53.9 Å². The van der Waals surface area contributed by atoms with E-state index in [9.17, 15) is 4.39 Å². The number of aromatic amines is 1. The summed E-state index contributed by atoms with van der Waals surface area (Å²) >= 11 is 1.50. The molecule has 0 radical (unpaired) electrons. The van der Waals surface area contributed by atoms with Crippen LogP contribution in [0.5, 0.6) is 0 Å². The van der Waals surface area contributed by atoms with Crippen molar-refractivity contribution < 1.29 is 4.39 Å². The van der Waals surface area contributed by atoms with E-state index in [2.05, 4.69) is 20.2 Å². The number of halogens is 1. The Labute approximate surface area is 119 Å². The summed E-state index contributed by atoms with van der Waals surface area (Å²) in [6.07, 6.45) is 3.42. The molecule has 1 N–H and O–H groups in total. The number of nitrogens with zero attached hydrogens (tertiary/aromatic N) is 3. The fraction of sp³-hybridized carbons (Fsp3) is 0.0714. The van der Waals surface area contributed by atoms with Gasteiger partial charge >= 0.3 is 0 Å². The van der Waals surface area contributed by atoms with Gasteiger partial charge in [0.25, 0.3) is 0 Å². The topological polar surface area (TPSA) is 54.5 Å². The van der Waals surface area contributed by atoms with Gasteiger partial charge in [0.1, 0.15) is 5.82 Å². The van der Waals surface area contributed by atoms with E-state index in [1.54, 1.807) is 24.5 Å². The van der Waals surface area contributed by atoms with Gasteiger partial charge in [-0.3, -0.25) is 10.1 Å². The second-order valence-corrected chi connectivity index (χ2v) is 5.06. The van der Waals surface area contributed by atoms with Gasteiger partial charge in [0, 0.05) is 23.7 Å². The lowest BCUT2D eigenvalue weighted by Crippen LogP contribution is -1.83. The van der Waals surface area contributed by atoms with Crippen LogP contribution in [0.3, 0.4) is 0 Å². The Bertz CT molecular complexity index is 682. The Morgan fingerprint density at radius 3 is 2.55 bits per heavy atom. The molecule has 0 saturated heterocycles. The van der Waals surface area contributed by atoms with E-state index in [-0.39, 0.29) is 5.82 Å². The molecule has 0 aliphatic heterocycles. The first-order valence-corrected chi connectivity index (χ1v) is 7.00. The molecule has 20 heavy (non-hydrogen) atoms. The molecular weight excluding hydrogens is 275 g/mol. The second-order valence-electron chi connectivity index (χ2n) is 4.12. The quantitative estimate of drug-likeness (QED) is 0.748. The molecule has 0 bridgehead atoms. The molecule has 4 nitrogen and oxygen atoms in total. The van der Waals surface area contributed by atoms with Crippen molar-refractivity contribution >= 4 is 11.8 Å².